The number of hydrogen-bond acceptors (Lipinski definition) is 8. The Kier molecular flexibility index (Phi) is 4.46. The van der Waals surface area contributed by atoms with Gasteiger partial charge in [-0.1, -0.05) is 11.3 Å². The van der Waals surface area contributed by atoms with Crippen molar-refractivity contribution in [1.82, 2.24) is 20.3 Å². The number of piperidine rings is 1. The van der Waals surface area contributed by atoms with E-state index >= 15 is 0 Å². The highest BCUT2D eigenvalue weighted by Gasteiger charge is 2.17. The molecule has 1 saturated heterocycles. The van der Waals surface area contributed by atoms with E-state index in [-0.39, 0.29) is 0 Å². The van der Waals surface area contributed by atoms with E-state index in [0.29, 0.717) is 22.0 Å². The zero-order chi connectivity index (χ0) is 15.4. The summed E-state index contributed by atoms with van der Waals surface area (Å²) < 4.78 is 5.67. The molecule has 3 heterocycles. The zero-order valence-electron chi connectivity index (χ0n) is 12.2. The van der Waals surface area contributed by atoms with Crippen LogP contribution in [0.2, 0.25) is 0 Å². The molecular weight excluding hydrogens is 300 g/mol. The molecule has 0 aromatic carbocycles. The Morgan fingerprint density at radius 3 is 2.91 bits per heavy atom. The molecule has 0 bridgehead atoms. The second-order valence-electron chi connectivity index (χ2n) is 5.03. The molecule has 3 rings (SSSR count). The Morgan fingerprint density at radius 2 is 2.18 bits per heavy atom. The molecule has 0 unspecified atom stereocenters. The molecule has 2 aromatic heterocycles. The number of nitrogens with zero attached hydrogens (tertiary/aromatic N) is 4. The third-order valence-electron chi connectivity index (χ3n) is 3.50. The highest BCUT2D eigenvalue weighted by atomic mass is 32.1. The van der Waals surface area contributed by atoms with Crippen LogP contribution >= 0.6 is 11.3 Å². The minimum absolute atomic E-state index is 0.408. The lowest BCUT2D eigenvalue weighted by Gasteiger charge is -2.24. The average molecular weight is 316 g/mol. The molecule has 8 heteroatoms. The second-order valence-corrected chi connectivity index (χ2v) is 6.02. The molecule has 7 nitrogen and oxygen atoms in total. The number of hydrogen-bond donors (Lipinski definition) is 2. The van der Waals surface area contributed by atoms with Crippen molar-refractivity contribution < 1.29 is 4.74 Å². The molecule has 1 fully saturated rings. The summed E-state index contributed by atoms with van der Waals surface area (Å²) in [6, 6.07) is 2.45. The van der Waals surface area contributed by atoms with E-state index in [1.807, 2.05) is 13.0 Å². The fourth-order valence-corrected chi connectivity index (χ4v) is 2.85. The Morgan fingerprint density at radius 1 is 1.36 bits per heavy atom. The number of thiazole rings is 1. The van der Waals surface area contributed by atoms with Gasteiger partial charge in [-0.25, -0.2) is 15.0 Å². The number of nitriles is 1. The van der Waals surface area contributed by atoms with Gasteiger partial charge in [-0.3, -0.25) is 0 Å². The van der Waals surface area contributed by atoms with Gasteiger partial charge in [0.2, 0.25) is 5.88 Å². The zero-order valence-corrected chi connectivity index (χ0v) is 13.0. The molecule has 0 spiro atoms. The average Bonchev–Trinajstić information content (AvgIpc) is 3.00. The summed E-state index contributed by atoms with van der Waals surface area (Å²) in [5, 5.41) is 16.0. The van der Waals surface area contributed by atoms with Gasteiger partial charge in [0.25, 0.3) is 5.19 Å². The van der Waals surface area contributed by atoms with E-state index in [2.05, 4.69) is 25.6 Å². The third-order valence-corrected chi connectivity index (χ3v) is 4.28. The molecule has 0 aliphatic carbocycles. The summed E-state index contributed by atoms with van der Waals surface area (Å²) in [7, 11) is 0. The molecule has 1 aliphatic heterocycles. The van der Waals surface area contributed by atoms with Crippen LogP contribution in [0.25, 0.3) is 0 Å². The SMILES string of the molecule is Cc1c(NC2CCNCC2)ncnc1Oc1ncc(C#N)s1. The molecule has 2 aromatic rings. The summed E-state index contributed by atoms with van der Waals surface area (Å²) >= 11 is 1.19. The molecular formula is C14H16N6OS. The third kappa shape index (κ3) is 3.32. The Hall–Kier alpha value is -2.24. The highest BCUT2D eigenvalue weighted by molar-refractivity contribution is 7.13. The number of anilines is 1. The van der Waals surface area contributed by atoms with Gasteiger partial charge in [-0.05, 0) is 32.9 Å². The summed E-state index contributed by atoms with van der Waals surface area (Å²) in [6.45, 7) is 3.94. The van der Waals surface area contributed by atoms with Crippen molar-refractivity contribution in [3.05, 3.63) is 23.0 Å². The summed E-state index contributed by atoms with van der Waals surface area (Å²) in [6.07, 6.45) is 5.10. The van der Waals surface area contributed by atoms with Crippen LogP contribution in [0.15, 0.2) is 12.5 Å². The predicted molar refractivity (Wildman–Crippen MR) is 83.2 cm³/mol. The van der Waals surface area contributed by atoms with E-state index in [4.69, 9.17) is 10.00 Å². The second kappa shape index (κ2) is 6.68. The van der Waals surface area contributed by atoms with Crippen LogP contribution in [0.3, 0.4) is 0 Å². The van der Waals surface area contributed by atoms with Crippen LogP contribution in [-0.4, -0.2) is 34.1 Å². The van der Waals surface area contributed by atoms with Gasteiger partial charge in [0.05, 0.1) is 11.8 Å². The maximum absolute atomic E-state index is 8.82. The minimum atomic E-state index is 0.408. The largest absolute Gasteiger partial charge is 0.411 e. The lowest BCUT2D eigenvalue weighted by Crippen LogP contribution is -2.35. The molecule has 22 heavy (non-hydrogen) atoms. The van der Waals surface area contributed by atoms with Gasteiger partial charge >= 0.3 is 0 Å². The fourth-order valence-electron chi connectivity index (χ4n) is 2.28. The molecule has 114 valence electrons. The first-order valence-corrected chi connectivity index (χ1v) is 7.90. The quantitative estimate of drug-likeness (QED) is 0.891. The smallest absolute Gasteiger partial charge is 0.281 e. The van der Waals surface area contributed by atoms with E-state index in [1.54, 1.807) is 0 Å². The van der Waals surface area contributed by atoms with E-state index in [9.17, 15) is 0 Å². The van der Waals surface area contributed by atoms with E-state index < -0.39 is 0 Å². The standard InChI is InChI=1S/C14H16N6OS/c1-9-12(20-10-2-4-16-5-3-10)18-8-19-13(9)21-14-17-7-11(6-15)22-14/h7-8,10,16H,2-5H2,1H3,(H,18,19,20). The van der Waals surface area contributed by atoms with Gasteiger partial charge in [0, 0.05) is 6.04 Å². The molecule has 0 amide bonds. The van der Waals surface area contributed by atoms with Crippen molar-refractivity contribution in [3.63, 3.8) is 0 Å². The van der Waals surface area contributed by atoms with Gasteiger partial charge in [-0.2, -0.15) is 5.26 Å². The van der Waals surface area contributed by atoms with Crippen LogP contribution in [0.4, 0.5) is 5.82 Å². The van der Waals surface area contributed by atoms with Crippen molar-refractivity contribution >= 4 is 17.2 Å². The maximum atomic E-state index is 8.82. The van der Waals surface area contributed by atoms with Crippen LogP contribution < -0.4 is 15.4 Å². The maximum Gasteiger partial charge on any atom is 0.281 e. The Labute approximate surface area is 132 Å². The van der Waals surface area contributed by atoms with Gasteiger partial charge in [0.15, 0.2) is 0 Å². The summed E-state index contributed by atoms with van der Waals surface area (Å²) in [5.74, 6) is 1.25. The topological polar surface area (TPSA) is 95.8 Å². The van der Waals surface area contributed by atoms with Crippen LogP contribution in [-0.2, 0) is 0 Å². The minimum Gasteiger partial charge on any atom is -0.411 e. The van der Waals surface area contributed by atoms with Crippen molar-refractivity contribution in [2.75, 3.05) is 18.4 Å². The molecule has 0 radical (unpaired) electrons. The summed E-state index contributed by atoms with van der Waals surface area (Å²) in [4.78, 5) is 13.0. The number of rotatable bonds is 4. The number of ether oxygens (including phenoxy) is 1. The molecule has 0 atom stereocenters. The molecule has 1 aliphatic rings. The monoisotopic (exact) mass is 316 g/mol. The van der Waals surface area contributed by atoms with Crippen molar-refractivity contribution in [2.24, 2.45) is 0 Å². The van der Waals surface area contributed by atoms with Crippen molar-refractivity contribution in [3.8, 4) is 17.1 Å². The Balaban J connectivity index is 1.74. The molecule has 0 saturated carbocycles. The van der Waals surface area contributed by atoms with Crippen molar-refractivity contribution in [1.29, 1.82) is 5.26 Å². The van der Waals surface area contributed by atoms with Crippen molar-refractivity contribution in [2.45, 2.75) is 25.8 Å². The van der Waals surface area contributed by atoms with E-state index in [1.165, 1.54) is 23.9 Å². The van der Waals surface area contributed by atoms with Crippen LogP contribution in [0.5, 0.6) is 11.1 Å². The first-order valence-electron chi connectivity index (χ1n) is 7.09. The summed E-state index contributed by atoms with van der Waals surface area (Å²) in [5.41, 5.74) is 0.842. The van der Waals surface area contributed by atoms with Gasteiger partial charge in [0.1, 0.15) is 23.1 Å². The predicted octanol–water partition coefficient (Wildman–Crippen LogP) is 2.07. The fraction of sp³-hybridized carbons (Fsp3) is 0.429. The normalized spacial score (nSPS) is 15.3. The highest BCUT2D eigenvalue weighted by Crippen LogP contribution is 2.29. The Bertz CT molecular complexity index is 689. The number of nitrogens with one attached hydrogen (secondary N) is 2. The van der Waals surface area contributed by atoms with Gasteiger partial charge in [-0.15, -0.1) is 0 Å². The molecule has 2 N–H and O–H groups in total. The van der Waals surface area contributed by atoms with Gasteiger partial charge < -0.3 is 15.4 Å². The van der Waals surface area contributed by atoms with Crippen LogP contribution in [0, 0.1) is 18.3 Å². The first kappa shape index (κ1) is 14.7. The first-order chi connectivity index (χ1) is 10.8. The van der Waals surface area contributed by atoms with E-state index in [0.717, 1.165) is 37.3 Å². The lowest BCUT2D eigenvalue weighted by molar-refractivity contribution is 0.452. The lowest BCUT2D eigenvalue weighted by atomic mass is 10.1. The van der Waals surface area contributed by atoms with Crippen LogP contribution in [0.1, 0.15) is 23.3 Å². The number of aromatic nitrogens is 3.